The minimum Gasteiger partial charge on any atom is -0.380 e. The molecule has 0 spiro atoms. The van der Waals surface area contributed by atoms with Crippen LogP contribution in [0.5, 0.6) is 0 Å². The third-order valence-electron chi connectivity index (χ3n) is 3.55. The van der Waals surface area contributed by atoms with Crippen molar-refractivity contribution in [1.29, 1.82) is 5.26 Å². The van der Waals surface area contributed by atoms with E-state index in [9.17, 15) is 5.26 Å². The molecule has 0 saturated heterocycles. The fourth-order valence-electron chi connectivity index (χ4n) is 2.18. The van der Waals surface area contributed by atoms with Gasteiger partial charge in [-0.15, -0.1) is 12.6 Å². The molecule has 0 fully saturated rings. The second-order valence-corrected chi connectivity index (χ2v) is 5.74. The Kier molecular flexibility index (Phi) is 6.24. The molecule has 2 aromatic carbocycles. The van der Waals surface area contributed by atoms with Crippen LogP contribution in [0.25, 0.3) is 11.1 Å². The zero-order valence-corrected chi connectivity index (χ0v) is 14.5. The maximum atomic E-state index is 9.34. The van der Waals surface area contributed by atoms with Crippen LogP contribution in [-0.2, 0) is 4.74 Å². The number of aliphatic imine (C=N–C) groups is 1. The summed E-state index contributed by atoms with van der Waals surface area (Å²) in [7, 11) is 1.63. The van der Waals surface area contributed by atoms with Gasteiger partial charge in [-0.25, -0.2) is 0 Å². The Morgan fingerprint density at radius 3 is 2.71 bits per heavy atom. The number of nitrogens with zero attached hydrogens (tertiary/aromatic N) is 2. The van der Waals surface area contributed by atoms with Crippen molar-refractivity contribution in [3.8, 4) is 17.2 Å². The number of methoxy groups -OCH3 is 1. The van der Waals surface area contributed by atoms with Crippen molar-refractivity contribution in [2.24, 2.45) is 10.7 Å². The van der Waals surface area contributed by atoms with E-state index in [2.05, 4.69) is 29.0 Å². The van der Waals surface area contributed by atoms with Gasteiger partial charge in [0.2, 0.25) is 0 Å². The summed E-state index contributed by atoms with van der Waals surface area (Å²) in [5.74, 6) is 0.274. The zero-order valence-electron chi connectivity index (χ0n) is 13.7. The number of benzene rings is 2. The highest BCUT2D eigenvalue weighted by Crippen LogP contribution is 2.34. The van der Waals surface area contributed by atoms with Crippen LogP contribution in [0.1, 0.15) is 12.5 Å². The molecule has 0 heterocycles. The van der Waals surface area contributed by atoms with Crippen LogP contribution in [0.4, 0.5) is 5.69 Å². The molecule has 0 aliphatic heterocycles. The van der Waals surface area contributed by atoms with Gasteiger partial charge in [-0.05, 0) is 19.1 Å². The van der Waals surface area contributed by atoms with Crippen molar-refractivity contribution in [2.45, 2.75) is 17.9 Å². The lowest BCUT2D eigenvalue weighted by atomic mass is 9.99. The van der Waals surface area contributed by atoms with Gasteiger partial charge in [0.25, 0.3) is 0 Å². The summed E-state index contributed by atoms with van der Waals surface area (Å²) < 4.78 is 5.16. The maximum absolute atomic E-state index is 9.34. The number of rotatable bonds is 5. The minimum absolute atomic E-state index is 0.0182. The summed E-state index contributed by atoms with van der Waals surface area (Å²) in [6, 6.07) is 15.3. The van der Waals surface area contributed by atoms with Gasteiger partial charge in [-0.1, -0.05) is 30.3 Å². The molecule has 6 heteroatoms. The van der Waals surface area contributed by atoms with E-state index in [1.807, 2.05) is 43.3 Å². The average Bonchev–Trinajstić information content (AvgIpc) is 2.61. The maximum Gasteiger partial charge on any atom is 0.193 e. The first-order valence-corrected chi connectivity index (χ1v) is 7.92. The first-order chi connectivity index (χ1) is 11.6. The van der Waals surface area contributed by atoms with E-state index in [0.29, 0.717) is 12.1 Å². The molecule has 0 aliphatic rings. The second kappa shape index (κ2) is 8.39. The summed E-state index contributed by atoms with van der Waals surface area (Å²) in [6.45, 7) is 2.37. The Labute approximate surface area is 147 Å². The van der Waals surface area contributed by atoms with E-state index in [0.717, 1.165) is 21.7 Å². The number of thiol groups is 1. The van der Waals surface area contributed by atoms with Gasteiger partial charge in [0.15, 0.2) is 5.96 Å². The smallest absolute Gasteiger partial charge is 0.193 e. The van der Waals surface area contributed by atoms with Crippen LogP contribution in [-0.4, -0.2) is 25.7 Å². The standard InChI is InChI=1S/C18H20N4OS/c1-12(23-2)11-21-18(20)22-17-15(8-5-9-16(17)24)14-7-4-3-6-13(14)10-19/h3-9,12,24H,11H2,1-2H3,(H3,20,21,22). The molecule has 1 atom stereocenters. The van der Waals surface area contributed by atoms with Crippen LogP contribution >= 0.6 is 12.6 Å². The molecule has 0 amide bonds. The molecule has 5 nitrogen and oxygen atoms in total. The molecular weight excluding hydrogens is 320 g/mol. The monoisotopic (exact) mass is 340 g/mol. The lowest BCUT2D eigenvalue weighted by Crippen LogP contribution is -2.25. The lowest BCUT2D eigenvalue weighted by molar-refractivity contribution is 0.125. The number of hydrogen-bond donors (Lipinski definition) is 3. The van der Waals surface area contributed by atoms with Crippen molar-refractivity contribution >= 4 is 24.3 Å². The first-order valence-electron chi connectivity index (χ1n) is 7.48. The number of nitriles is 1. The fraction of sp³-hybridized carbons (Fsp3) is 0.222. The van der Waals surface area contributed by atoms with Crippen LogP contribution < -0.4 is 11.1 Å². The lowest BCUT2D eigenvalue weighted by Gasteiger charge is -2.15. The van der Waals surface area contributed by atoms with Crippen LogP contribution in [0, 0.1) is 11.3 Å². The van der Waals surface area contributed by atoms with Crippen LogP contribution in [0.3, 0.4) is 0 Å². The Hall–Kier alpha value is -2.49. The van der Waals surface area contributed by atoms with Gasteiger partial charge in [0.1, 0.15) is 0 Å². The molecule has 24 heavy (non-hydrogen) atoms. The molecule has 2 rings (SSSR count). The number of nitrogens with one attached hydrogen (secondary N) is 1. The largest absolute Gasteiger partial charge is 0.380 e. The summed E-state index contributed by atoms with van der Waals surface area (Å²) >= 11 is 4.50. The topological polar surface area (TPSA) is 83.4 Å². The number of hydrogen-bond acceptors (Lipinski definition) is 4. The quantitative estimate of drug-likeness (QED) is 0.443. The number of guanidine groups is 1. The molecule has 3 N–H and O–H groups in total. The van der Waals surface area contributed by atoms with Crippen LogP contribution in [0.2, 0.25) is 0 Å². The van der Waals surface area contributed by atoms with Crippen molar-refractivity contribution in [1.82, 2.24) is 0 Å². The highest BCUT2D eigenvalue weighted by molar-refractivity contribution is 7.80. The van der Waals surface area contributed by atoms with E-state index in [4.69, 9.17) is 10.5 Å². The van der Waals surface area contributed by atoms with Gasteiger partial charge in [0, 0.05) is 23.1 Å². The van der Waals surface area contributed by atoms with Gasteiger partial charge in [-0.2, -0.15) is 5.26 Å². The minimum atomic E-state index is -0.0182. The summed E-state index contributed by atoms with van der Waals surface area (Å²) in [4.78, 5) is 4.99. The van der Waals surface area contributed by atoms with Gasteiger partial charge in [0.05, 0.1) is 30.0 Å². The SMILES string of the molecule is COC(C)CN=C(N)Nc1c(S)cccc1-c1ccccc1C#N. The van der Waals surface area contributed by atoms with Gasteiger partial charge < -0.3 is 15.8 Å². The van der Waals surface area contributed by atoms with E-state index >= 15 is 0 Å². The number of anilines is 1. The van der Waals surface area contributed by atoms with E-state index in [-0.39, 0.29) is 12.1 Å². The number of nitrogens with two attached hydrogens (primary N) is 1. The molecule has 0 aromatic heterocycles. The van der Waals surface area contributed by atoms with Crippen molar-refractivity contribution < 1.29 is 4.74 Å². The molecule has 0 bridgehead atoms. The summed E-state index contributed by atoms with van der Waals surface area (Å²) in [5.41, 5.74) is 8.94. The van der Waals surface area contributed by atoms with Gasteiger partial charge in [-0.3, -0.25) is 4.99 Å². The number of ether oxygens (including phenoxy) is 1. The zero-order chi connectivity index (χ0) is 17.5. The van der Waals surface area contributed by atoms with Crippen molar-refractivity contribution in [3.05, 3.63) is 48.0 Å². The highest BCUT2D eigenvalue weighted by Gasteiger charge is 2.12. The molecule has 124 valence electrons. The summed E-state index contributed by atoms with van der Waals surface area (Å²) in [5, 5.41) is 12.4. The predicted octanol–water partition coefficient (Wildman–Crippen LogP) is 3.28. The normalized spacial score (nSPS) is 12.5. The van der Waals surface area contributed by atoms with E-state index < -0.39 is 0 Å². The Morgan fingerprint density at radius 2 is 2.00 bits per heavy atom. The van der Waals surface area contributed by atoms with Crippen LogP contribution in [0.15, 0.2) is 52.4 Å². The van der Waals surface area contributed by atoms with E-state index in [1.54, 1.807) is 13.2 Å². The predicted molar refractivity (Wildman–Crippen MR) is 100 cm³/mol. The third-order valence-corrected chi connectivity index (χ3v) is 3.93. The molecule has 1 unspecified atom stereocenters. The molecule has 2 aromatic rings. The fourth-order valence-corrected chi connectivity index (χ4v) is 2.44. The Bertz CT molecular complexity index is 783. The van der Waals surface area contributed by atoms with Gasteiger partial charge >= 0.3 is 0 Å². The molecule has 0 radical (unpaired) electrons. The summed E-state index contributed by atoms with van der Waals surface area (Å²) in [6.07, 6.45) is -0.0182. The molecule has 0 aliphatic carbocycles. The third kappa shape index (κ3) is 4.28. The highest BCUT2D eigenvalue weighted by atomic mass is 32.1. The second-order valence-electron chi connectivity index (χ2n) is 5.25. The van der Waals surface area contributed by atoms with Crippen molar-refractivity contribution in [2.75, 3.05) is 19.0 Å². The Balaban J connectivity index is 2.39. The average molecular weight is 340 g/mol. The Morgan fingerprint density at radius 1 is 1.29 bits per heavy atom. The molecular formula is C18H20N4OS. The van der Waals surface area contributed by atoms with E-state index in [1.165, 1.54) is 0 Å². The number of para-hydroxylation sites is 1. The van der Waals surface area contributed by atoms with Crippen molar-refractivity contribution in [3.63, 3.8) is 0 Å². The first kappa shape index (κ1) is 17.9. The molecule has 0 saturated carbocycles.